The minimum atomic E-state index is -0.199. The van der Waals surface area contributed by atoms with Gasteiger partial charge in [-0.1, -0.05) is 18.6 Å². The maximum Gasteiger partial charge on any atom is 0.250 e. The van der Waals surface area contributed by atoms with Crippen LogP contribution in [0, 0.1) is 11.7 Å². The Kier molecular flexibility index (Phi) is 6.52. The third kappa shape index (κ3) is 4.75. The number of hydrogen-bond acceptors (Lipinski definition) is 3. The van der Waals surface area contributed by atoms with E-state index in [9.17, 15) is 14.0 Å². The topological polar surface area (TPSA) is 52.7 Å². The first-order valence-electron chi connectivity index (χ1n) is 11.2. The molecule has 5 nitrogen and oxygen atoms in total. The monoisotopic (exact) mass is 413 g/mol. The zero-order chi connectivity index (χ0) is 21.1. The number of hydrogen-bond donors (Lipinski definition) is 1. The molecule has 4 rings (SSSR count). The molecule has 0 radical (unpaired) electrons. The summed E-state index contributed by atoms with van der Waals surface area (Å²) in [4.78, 5) is 29.3. The Morgan fingerprint density at radius 3 is 2.60 bits per heavy atom. The van der Waals surface area contributed by atoms with E-state index in [1.165, 1.54) is 17.7 Å². The van der Waals surface area contributed by atoms with Crippen LogP contribution in [0.2, 0.25) is 0 Å². The molecule has 2 heterocycles. The number of nitrogens with one attached hydrogen (secondary N) is 1. The van der Waals surface area contributed by atoms with Crippen LogP contribution in [0.25, 0.3) is 0 Å². The highest BCUT2D eigenvalue weighted by Gasteiger charge is 2.38. The van der Waals surface area contributed by atoms with Crippen LogP contribution in [0.5, 0.6) is 0 Å². The Morgan fingerprint density at radius 2 is 1.87 bits per heavy atom. The van der Waals surface area contributed by atoms with Gasteiger partial charge in [0, 0.05) is 25.7 Å². The Hall–Kier alpha value is -2.21. The predicted octanol–water partition coefficient (Wildman–Crippen LogP) is 3.26. The summed E-state index contributed by atoms with van der Waals surface area (Å²) in [6.07, 6.45) is 6.56. The van der Waals surface area contributed by atoms with E-state index in [2.05, 4.69) is 10.2 Å². The van der Waals surface area contributed by atoms with E-state index in [0.29, 0.717) is 12.5 Å². The maximum absolute atomic E-state index is 13.0. The highest BCUT2D eigenvalue weighted by molar-refractivity contribution is 6.02. The number of halogens is 1. The molecule has 2 aliphatic heterocycles. The van der Waals surface area contributed by atoms with Crippen LogP contribution in [0.15, 0.2) is 35.4 Å². The molecule has 1 saturated carbocycles. The molecule has 1 atom stereocenters. The van der Waals surface area contributed by atoms with E-state index in [4.69, 9.17) is 0 Å². The molecular weight excluding hydrogens is 381 g/mol. The Labute approximate surface area is 178 Å². The Balaban J connectivity index is 1.21. The smallest absolute Gasteiger partial charge is 0.250 e. The number of likely N-dealkylation sites (N-methyl/N-ethyl adjacent to an activating group) is 1. The van der Waals surface area contributed by atoms with Gasteiger partial charge in [0.2, 0.25) is 5.91 Å². The summed E-state index contributed by atoms with van der Waals surface area (Å²) in [6, 6.07) is 6.93. The van der Waals surface area contributed by atoms with Crippen LogP contribution in [0.3, 0.4) is 0 Å². The van der Waals surface area contributed by atoms with Crippen LogP contribution in [-0.4, -0.2) is 54.3 Å². The van der Waals surface area contributed by atoms with Gasteiger partial charge in [-0.2, -0.15) is 0 Å². The minimum Gasteiger partial charge on any atom is -0.356 e. The molecule has 0 spiro atoms. The molecule has 6 heteroatoms. The number of likely N-dealkylation sites (tertiary alicyclic amines) is 1. The number of carbonyl (C=O) groups is 2. The van der Waals surface area contributed by atoms with Crippen molar-refractivity contribution < 1.29 is 14.0 Å². The van der Waals surface area contributed by atoms with E-state index in [1.807, 2.05) is 24.1 Å². The van der Waals surface area contributed by atoms with Gasteiger partial charge in [-0.3, -0.25) is 14.5 Å². The molecule has 1 unspecified atom stereocenters. The predicted molar refractivity (Wildman–Crippen MR) is 114 cm³/mol. The molecular formula is C24H32FN3O2. The van der Waals surface area contributed by atoms with E-state index < -0.39 is 0 Å². The molecule has 1 aromatic rings. The molecule has 2 fully saturated rings. The summed E-state index contributed by atoms with van der Waals surface area (Å²) < 4.78 is 13.0. The van der Waals surface area contributed by atoms with Gasteiger partial charge in [-0.25, -0.2) is 4.39 Å². The summed E-state index contributed by atoms with van der Waals surface area (Å²) >= 11 is 0. The minimum absolute atomic E-state index is 0.0285. The van der Waals surface area contributed by atoms with Crippen molar-refractivity contribution in [2.45, 2.75) is 57.5 Å². The first kappa shape index (κ1) is 21.0. The lowest BCUT2D eigenvalue weighted by Gasteiger charge is -2.32. The molecule has 162 valence electrons. The third-order valence-electron chi connectivity index (χ3n) is 6.96. The summed E-state index contributed by atoms with van der Waals surface area (Å²) in [6.45, 7) is 3.49. The van der Waals surface area contributed by atoms with Crippen LogP contribution in [0.4, 0.5) is 4.39 Å². The molecule has 1 aromatic carbocycles. The van der Waals surface area contributed by atoms with E-state index in [0.717, 1.165) is 69.3 Å². The lowest BCUT2D eigenvalue weighted by Crippen LogP contribution is -2.38. The summed E-state index contributed by atoms with van der Waals surface area (Å²) in [7, 11) is 1.86. The van der Waals surface area contributed by atoms with Gasteiger partial charge in [0.05, 0.1) is 12.5 Å². The van der Waals surface area contributed by atoms with Gasteiger partial charge in [0.1, 0.15) is 5.82 Å². The molecule has 1 N–H and O–H groups in total. The molecule has 3 aliphatic rings. The highest BCUT2D eigenvalue weighted by atomic mass is 19.1. The average Bonchev–Trinajstić information content (AvgIpc) is 3.00. The van der Waals surface area contributed by atoms with Gasteiger partial charge in [0.25, 0.3) is 5.91 Å². The van der Waals surface area contributed by atoms with Gasteiger partial charge in [-0.15, -0.1) is 0 Å². The second kappa shape index (κ2) is 9.29. The van der Waals surface area contributed by atoms with Gasteiger partial charge >= 0.3 is 0 Å². The third-order valence-corrected chi connectivity index (χ3v) is 6.96. The molecule has 0 bridgehead atoms. The van der Waals surface area contributed by atoms with Crippen molar-refractivity contribution in [2.75, 3.05) is 26.7 Å². The fraction of sp³-hybridized carbons (Fsp3) is 0.583. The van der Waals surface area contributed by atoms with Crippen molar-refractivity contribution in [1.29, 1.82) is 0 Å². The number of fused-ring (bicyclic) bond motifs is 1. The van der Waals surface area contributed by atoms with Crippen LogP contribution in [-0.2, 0) is 16.1 Å². The fourth-order valence-electron chi connectivity index (χ4n) is 5.13. The maximum atomic E-state index is 13.0. The average molecular weight is 414 g/mol. The van der Waals surface area contributed by atoms with Crippen LogP contribution in [0.1, 0.15) is 50.5 Å². The lowest BCUT2D eigenvalue weighted by molar-refractivity contribution is -0.128. The lowest BCUT2D eigenvalue weighted by atomic mass is 9.88. The zero-order valence-corrected chi connectivity index (χ0v) is 17.8. The van der Waals surface area contributed by atoms with Gasteiger partial charge in [0.15, 0.2) is 0 Å². The highest BCUT2D eigenvalue weighted by Crippen LogP contribution is 2.36. The molecule has 1 aliphatic carbocycles. The van der Waals surface area contributed by atoms with E-state index in [1.54, 1.807) is 0 Å². The zero-order valence-electron chi connectivity index (χ0n) is 17.8. The Bertz CT molecular complexity index is 812. The standard InChI is InChI=1S/C24H32FN3O2/c1-27-22-5-3-2-4-20(22)21(24(27)30)14-23(29)26-15-17-10-12-28(13-11-17)16-18-6-8-19(25)9-7-18/h6-9,17,22H,2-5,10-16H2,1H3,(H,26,29). The van der Waals surface area contributed by atoms with Crippen molar-refractivity contribution in [3.63, 3.8) is 0 Å². The number of amides is 2. The number of nitrogens with zero attached hydrogens (tertiary/aromatic N) is 2. The normalized spacial score (nSPS) is 23.1. The summed E-state index contributed by atoms with van der Waals surface area (Å²) in [5, 5.41) is 3.08. The van der Waals surface area contributed by atoms with Crippen molar-refractivity contribution in [3.8, 4) is 0 Å². The second-order valence-corrected chi connectivity index (χ2v) is 9.01. The first-order valence-corrected chi connectivity index (χ1v) is 11.2. The van der Waals surface area contributed by atoms with E-state index in [-0.39, 0.29) is 30.1 Å². The summed E-state index contributed by atoms with van der Waals surface area (Å²) in [5.74, 6) is 0.288. The number of piperidine rings is 1. The number of rotatable bonds is 6. The largest absolute Gasteiger partial charge is 0.356 e. The SMILES string of the molecule is CN1C(=O)C(CC(=O)NCC2CCN(Cc3ccc(F)cc3)CC2)=C2CCCCC21. The van der Waals surface area contributed by atoms with Gasteiger partial charge < -0.3 is 10.2 Å². The van der Waals surface area contributed by atoms with E-state index >= 15 is 0 Å². The van der Waals surface area contributed by atoms with Crippen molar-refractivity contribution in [3.05, 3.63) is 46.8 Å². The molecule has 30 heavy (non-hydrogen) atoms. The number of carbonyl (C=O) groups excluding carboxylic acids is 2. The summed E-state index contributed by atoms with van der Waals surface area (Å²) in [5.41, 5.74) is 3.08. The van der Waals surface area contributed by atoms with Crippen LogP contribution >= 0.6 is 0 Å². The van der Waals surface area contributed by atoms with Crippen molar-refractivity contribution in [2.24, 2.45) is 5.92 Å². The van der Waals surface area contributed by atoms with Gasteiger partial charge in [-0.05, 0) is 74.4 Å². The first-order chi connectivity index (χ1) is 14.5. The second-order valence-electron chi connectivity index (χ2n) is 9.01. The van der Waals surface area contributed by atoms with Crippen molar-refractivity contribution in [1.82, 2.24) is 15.1 Å². The quantitative estimate of drug-likeness (QED) is 0.779. The molecule has 1 saturated heterocycles. The fourth-order valence-corrected chi connectivity index (χ4v) is 5.13. The number of benzene rings is 1. The van der Waals surface area contributed by atoms with Crippen LogP contribution < -0.4 is 5.32 Å². The molecule has 2 amide bonds. The Morgan fingerprint density at radius 1 is 1.13 bits per heavy atom. The molecule has 0 aromatic heterocycles. The van der Waals surface area contributed by atoms with Crippen molar-refractivity contribution >= 4 is 11.8 Å².